The van der Waals surface area contributed by atoms with Crippen LogP contribution in [0.2, 0.25) is 0 Å². The van der Waals surface area contributed by atoms with E-state index in [0.717, 1.165) is 30.6 Å². The number of nitrogens with zero attached hydrogens (tertiary/aromatic N) is 1. The number of amides is 1. The number of fused-ring (bicyclic) bond motifs is 1. The molecule has 0 aromatic carbocycles. The Morgan fingerprint density at radius 2 is 2.14 bits per heavy atom. The van der Waals surface area contributed by atoms with Crippen molar-refractivity contribution in [3.63, 3.8) is 0 Å². The highest BCUT2D eigenvalue weighted by atomic mass is 32.1. The van der Waals surface area contributed by atoms with Crippen molar-refractivity contribution in [1.82, 2.24) is 0 Å². The van der Waals surface area contributed by atoms with E-state index in [0.29, 0.717) is 22.5 Å². The molecule has 6 heteroatoms. The van der Waals surface area contributed by atoms with Crippen molar-refractivity contribution in [2.24, 2.45) is 5.92 Å². The zero-order valence-electron chi connectivity index (χ0n) is 12.8. The number of carboxylic acids is 1. The van der Waals surface area contributed by atoms with Crippen molar-refractivity contribution in [3.05, 3.63) is 16.0 Å². The number of nitrogens with one attached hydrogen (secondary N) is 1. The summed E-state index contributed by atoms with van der Waals surface area (Å²) in [7, 11) is 0. The van der Waals surface area contributed by atoms with E-state index >= 15 is 0 Å². The number of nitriles is 1. The van der Waals surface area contributed by atoms with Gasteiger partial charge in [-0.25, -0.2) is 0 Å². The molecule has 1 aliphatic carbocycles. The third-order valence-corrected chi connectivity index (χ3v) is 5.45. The van der Waals surface area contributed by atoms with Crippen LogP contribution in [-0.4, -0.2) is 17.0 Å². The van der Waals surface area contributed by atoms with E-state index in [4.69, 9.17) is 0 Å². The highest BCUT2D eigenvalue weighted by molar-refractivity contribution is 7.16. The zero-order chi connectivity index (χ0) is 16.3. The number of anilines is 1. The maximum atomic E-state index is 12.2. The second-order valence-electron chi connectivity index (χ2n) is 5.54. The molecule has 1 atom stereocenters. The molecule has 0 bridgehead atoms. The van der Waals surface area contributed by atoms with Gasteiger partial charge in [0.15, 0.2) is 0 Å². The van der Waals surface area contributed by atoms with Crippen LogP contribution >= 0.6 is 11.3 Å². The summed E-state index contributed by atoms with van der Waals surface area (Å²) >= 11 is 1.36. The molecule has 22 heavy (non-hydrogen) atoms. The number of aryl methyl sites for hydroxylation is 1. The average molecular weight is 320 g/mol. The van der Waals surface area contributed by atoms with Gasteiger partial charge in [-0.3, -0.25) is 9.59 Å². The van der Waals surface area contributed by atoms with Gasteiger partial charge in [0.25, 0.3) is 0 Å². The molecule has 2 rings (SSSR count). The highest BCUT2D eigenvalue weighted by Crippen LogP contribution is 2.43. The molecular weight excluding hydrogens is 300 g/mol. The van der Waals surface area contributed by atoms with Crippen LogP contribution in [-0.2, 0) is 16.0 Å². The number of aliphatic carboxylic acids is 1. The van der Waals surface area contributed by atoms with E-state index < -0.39 is 11.9 Å². The van der Waals surface area contributed by atoms with Gasteiger partial charge in [0, 0.05) is 16.4 Å². The largest absolute Gasteiger partial charge is 0.481 e. The fourth-order valence-electron chi connectivity index (χ4n) is 2.98. The minimum atomic E-state index is -0.895. The summed E-state index contributed by atoms with van der Waals surface area (Å²) in [5, 5.41) is 22.2. The highest BCUT2D eigenvalue weighted by Gasteiger charge is 2.33. The van der Waals surface area contributed by atoms with Crippen LogP contribution in [0.1, 0.15) is 61.5 Å². The van der Waals surface area contributed by atoms with E-state index in [2.05, 4.69) is 11.4 Å². The molecule has 1 aromatic heterocycles. The van der Waals surface area contributed by atoms with Crippen molar-refractivity contribution in [3.8, 4) is 6.07 Å². The summed E-state index contributed by atoms with van der Waals surface area (Å²) in [5.74, 6) is -1.70. The van der Waals surface area contributed by atoms with Crippen LogP contribution in [0.4, 0.5) is 5.00 Å². The van der Waals surface area contributed by atoms with Gasteiger partial charge in [0.05, 0.1) is 11.5 Å². The molecule has 0 radical (unpaired) electrons. The number of rotatable bonds is 5. The summed E-state index contributed by atoms with van der Waals surface area (Å²) in [4.78, 5) is 24.6. The zero-order valence-corrected chi connectivity index (χ0v) is 13.6. The molecule has 0 fully saturated rings. The number of hydrogen-bond donors (Lipinski definition) is 2. The van der Waals surface area contributed by atoms with Crippen LogP contribution in [0.3, 0.4) is 0 Å². The lowest BCUT2D eigenvalue weighted by Crippen LogP contribution is -2.22. The number of carboxylic acid groups (broad SMARTS) is 1. The fraction of sp³-hybridized carbons (Fsp3) is 0.562. The summed E-state index contributed by atoms with van der Waals surface area (Å²) in [5.41, 5.74) is 0.956. The Morgan fingerprint density at radius 1 is 1.45 bits per heavy atom. The molecule has 1 unspecified atom stereocenters. The van der Waals surface area contributed by atoms with Gasteiger partial charge < -0.3 is 10.4 Å². The van der Waals surface area contributed by atoms with Gasteiger partial charge in [0.1, 0.15) is 11.1 Å². The van der Waals surface area contributed by atoms with E-state index in [9.17, 15) is 20.0 Å². The lowest BCUT2D eigenvalue weighted by molar-refractivity contribution is -0.139. The van der Waals surface area contributed by atoms with Gasteiger partial charge in [-0.05, 0) is 32.1 Å². The van der Waals surface area contributed by atoms with Gasteiger partial charge in [-0.2, -0.15) is 5.26 Å². The van der Waals surface area contributed by atoms with E-state index in [-0.39, 0.29) is 11.8 Å². The molecule has 0 saturated carbocycles. The van der Waals surface area contributed by atoms with Crippen LogP contribution in [0, 0.1) is 17.2 Å². The van der Waals surface area contributed by atoms with Crippen LogP contribution in [0.15, 0.2) is 0 Å². The lowest BCUT2D eigenvalue weighted by atomic mass is 9.85. The third-order valence-electron chi connectivity index (χ3n) is 4.27. The number of thiophene rings is 1. The van der Waals surface area contributed by atoms with E-state index in [1.54, 1.807) is 0 Å². The molecular formula is C16H20N2O3S. The maximum Gasteiger partial charge on any atom is 0.311 e. The topological polar surface area (TPSA) is 90.2 Å². The third kappa shape index (κ3) is 3.00. The molecule has 1 heterocycles. The lowest BCUT2D eigenvalue weighted by Gasteiger charge is -2.18. The Morgan fingerprint density at radius 3 is 2.68 bits per heavy atom. The molecule has 1 aliphatic rings. The van der Waals surface area contributed by atoms with Crippen LogP contribution in [0.25, 0.3) is 0 Å². The minimum absolute atomic E-state index is 0.0825. The van der Waals surface area contributed by atoms with Gasteiger partial charge in [-0.1, -0.05) is 13.8 Å². The van der Waals surface area contributed by atoms with Gasteiger partial charge >= 0.3 is 5.97 Å². The SMILES string of the molecule is CCC(CC)C(=O)Nc1sc2c(c1C#N)C(C(=O)O)CCC2. The molecule has 0 spiro atoms. The fourth-order valence-corrected chi connectivity index (χ4v) is 4.23. The Hall–Kier alpha value is -1.87. The first-order chi connectivity index (χ1) is 10.5. The molecule has 0 saturated heterocycles. The summed E-state index contributed by atoms with van der Waals surface area (Å²) in [6, 6.07) is 2.10. The van der Waals surface area contributed by atoms with Crippen molar-refractivity contribution in [1.29, 1.82) is 5.26 Å². The maximum absolute atomic E-state index is 12.2. The molecule has 2 N–H and O–H groups in total. The molecule has 5 nitrogen and oxygen atoms in total. The summed E-state index contributed by atoms with van der Waals surface area (Å²) in [6.45, 7) is 3.91. The van der Waals surface area contributed by atoms with Gasteiger partial charge in [-0.15, -0.1) is 11.3 Å². The number of hydrogen-bond acceptors (Lipinski definition) is 4. The predicted octanol–water partition coefficient (Wildman–Crippen LogP) is 3.50. The second-order valence-corrected chi connectivity index (χ2v) is 6.65. The van der Waals surface area contributed by atoms with Crippen LogP contribution < -0.4 is 5.32 Å². The second kappa shape index (κ2) is 6.93. The number of carbonyl (C=O) groups is 2. The van der Waals surface area contributed by atoms with Crippen molar-refractivity contribution in [2.75, 3.05) is 5.32 Å². The van der Waals surface area contributed by atoms with Gasteiger partial charge in [0.2, 0.25) is 5.91 Å². The van der Waals surface area contributed by atoms with E-state index in [1.165, 1.54) is 11.3 Å². The first kappa shape index (κ1) is 16.5. The molecule has 1 aromatic rings. The Labute approximate surface area is 134 Å². The van der Waals surface area contributed by atoms with E-state index in [1.807, 2.05) is 13.8 Å². The average Bonchev–Trinajstić information content (AvgIpc) is 2.84. The predicted molar refractivity (Wildman–Crippen MR) is 85.1 cm³/mol. The standard InChI is InChI=1S/C16H20N2O3S/c1-3-9(4-2)14(19)18-15-11(8-17)13-10(16(20)21)6-5-7-12(13)22-15/h9-10H,3-7H2,1-2H3,(H,18,19)(H,20,21). The molecule has 1 amide bonds. The Bertz CT molecular complexity index is 626. The Kier molecular flexibility index (Phi) is 5.19. The quantitative estimate of drug-likeness (QED) is 0.868. The molecule has 0 aliphatic heterocycles. The van der Waals surface area contributed by atoms with Crippen LogP contribution in [0.5, 0.6) is 0 Å². The van der Waals surface area contributed by atoms with Crippen molar-refractivity contribution in [2.45, 2.75) is 51.9 Å². The first-order valence-corrected chi connectivity index (χ1v) is 8.44. The normalized spacial score (nSPS) is 16.9. The molecule has 118 valence electrons. The Balaban J connectivity index is 2.37. The summed E-state index contributed by atoms with van der Waals surface area (Å²) < 4.78 is 0. The first-order valence-electron chi connectivity index (χ1n) is 7.62. The van der Waals surface area contributed by atoms with Crippen molar-refractivity contribution >= 4 is 28.2 Å². The number of carbonyl (C=O) groups excluding carboxylic acids is 1. The minimum Gasteiger partial charge on any atom is -0.481 e. The summed E-state index contributed by atoms with van der Waals surface area (Å²) in [6.07, 6.45) is 3.61. The van der Waals surface area contributed by atoms with Crippen molar-refractivity contribution < 1.29 is 14.7 Å². The smallest absolute Gasteiger partial charge is 0.311 e. The monoisotopic (exact) mass is 320 g/mol.